The zero-order valence-corrected chi connectivity index (χ0v) is 8.44. The molecule has 0 unspecified atom stereocenters. The van der Waals surface area contributed by atoms with Crippen molar-refractivity contribution in [2.24, 2.45) is 0 Å². The van der Waals surface area contributed by atoms with Crippen LogP contribution in [-0.4, -0.2) is 4.98 Å². The Hall–Kier alpha value is -1.22. The minimum Gasteiger partial charge on any atom is -0.313 e. The van der Waals surface area contributed by atoms with Gasteiger partial charge in [0.05, 0.1) is 0 Å². The maximum Gasteiger partial charge on any atom is 0.264 e. The summed E-state index contributed by atoms with van der Waals surface area (Å²) in [5.41, 5.74) is -1.26. The van der Waals surface area contributed by atoms with Crippen molar-refractivity contribution in [1.82, 2.24) is 4.98 Å². The molecule has 3 nitrogen and oxygen atoms in total. The Morgan fingerprint density at radius 3 is 2.71 bits per heavy atom. The Balaban J connectivity index is 3.45. The molecule has 1 rings (SSSR count). The largest absolute Gasteiger partial charge is 0.313 e. The van der Waals surface area contributed by atoms with E-state index >= 15 is 0 Å². The molecule has 0 amide bonds. The zero-order chi connectivity index (χ0) is 10.7. The molecule has 0 spiro atoms. The number of hydrogen-bond acceptors (Lipinski definition) is 2. The van der Waals surface area contributed by atoms with Crippen LogP contribution in [0.2, 0.25) is 0 Å². The summed E-state index contributed by atoms with van der Waals surface area (Å²) in [4.78, 5) is 13.4. The number of hydrogen-bond donors (Lipinski definition) is 1. The van der Waals surface area contributed by atoms with E-state index in [1.165, 1.54) is 0 Å². The normalized spacial score (nSPS) is 10.2. The number of nitrogens with one attached hydrogen (secondary N) is 1. The molecule has 1 aromatic heterocycles. The van der Waals surface area contributed by atoms with E-state index in [0.29, 0.717) is 0 Å². The average molecular weight is 263 g/mol. The molecule has 0 bridgehead atoms. The van der Waals surface area contributed by atoms with Gasteiger partial charge in [-0.2, -0.15) is 5.26 Å². The van der Waals surface area contributed by atoms with Crippen LogP contribution < -0.4 is 5.56 Å². The highest BCUT2D eigenvalue weighted by Crippen LogP contribution is 2.22. The lowest BCUT2D eigenvalue weighted by molar-refractivity contribution is 0.150. The van der Waals surface area contributed by atoms with Crippen molar-refractivity contribution in [1.29, 1.82) is 5.26 Å². The van der Waals surface area contributed by atoms with Crippen molar-refractivity contribution in [3.05, 3.63) is 33.2 Å². The first-order valence-electron chi connectivity index (χ1n) is 3.60. The third kappa shape index (κ3) is 1.99. The van der Waals surface area contributed by atoms with Crippen LogP contribution in [0.4, 0.5) is 8.78 Å². The van der Waals surface area contributed by atoms with Gasteiger partial charge in [0.1, 0.15) is 11.8 Å². The topological polar surface area (TPSA) is 56.6 Å². The van der Waals surface area contributed by atoms with Crippen LogP contribution in [0.3, 0.4) is 0 Å². The molecule has 0 aromatic carbocycles. The first kappa shape index (κ1) is 10.9. The number of nitriles is 1. The van der Waals surface area contributed by atoms with E-state index in [1.54, 1.807) is 6.07 Å². The fraction of sp³-hybridized carbons (Fsp3) is 0.250. The van der Waals surface area contributed by atoms with Crippen LogP contribution in [0, 0.1) is 11.3 Å². The van der Waals surface area contributed by atoms with E-state index in [-0.39, 0.29) is 16.6 Å². The summed E-state index contributed by atoms with van der Waals surface area (Å²) in [5.74, 6) is 0. The molecule has 0 saturated heterocycles. The fourth-order valence-corrected chi connectivity index (χ4v) is 1.58. The Morgan fingerprint density at radius 2 is 2.29 bits per heavy atom. The molecule has 14 heavy (non-hydrogen) atoms. The Labute approximate surface area is 86.5 Å². The number of alkyl halides is 3. The first-order valence-corrected chi connectivity index (χ1v) is 4.72. The highest BCUT2D eigenvalue weighted by atomic mass is 79.9. The molecule has 1 aromatic rings. The number of halogens is 3. The summed E-state index contributed by atoms with van der Waals surface area (Å²) in [6.45, 7) is 0. The zero-order valence-electron chi connectivity index (χ0n) is 6.85. The predicted octanol–water partition coefficient (Wildman–Crippen LogP) is 2.08. The Kier molecular flexibility index (Phi) is 3.36. The van der Waals surface area contributed by atoms with Crippen molar-refractivity contribution < 1.29 is 8.78 Å². The van der Waals surface area contributed by atoms with Gasteiger partial charge in [-0.05, 0) is 6.07 Å². The molecule has 0 radical (unpaired) electrons. The number of rotatable bonds is 2. The summed E-state index contributed by atoms with van der Waals surface area (Å²) in [7, 11) is 0. The van der Waals surface area contributed by atoms with E-state index in [2.05, 4.69) is 20.9 Å². The quantitative estimate of drug-likeness (QED) is 0.830. The molecular weight excluding hydrogens is 258 g/mol. The second-order valence-electron chi connectivity index (χ2n) is 2.49. The van der Waals surface area contributed by atoms with Crippen LogP contribution in [0.25, 0.3) is 0 Å². The van der Waals surface area contributed by atoms with E-state index in [4.69, 9.17) is 5.26 Å². The molecule has 0 aliphatic carbocycles. The highest BCUT2D eigenvalue weighted by Gasteiger charge is 2.16. The molecular formula is C8H5BrF2N2O. The van der Waals surface area contributed by atoms with E-state index in [1.807, 2.05) is 0 Å². The lowest BCUT2D eigenvalue weighted by Gasteiger charge is -2.04. The van der Waals surface area contributed by atoms with Gasteiger partial charge in [-0.25, -0.2) is 8.78 Å². The lowest BCUT2D eigenvalue weighted by atomic mass is 10.1. The SMILES string of the molecule is N#Cc1cc(C(F)F)c(CBr)c(=O)[nH]1. The van der Waals surface area contributed by atoms with Gasteiger partial charge in [-0.1, -0.05) is 15.9 Å². The molecule has 0 fully saturated rings. The van der Waals surface area contributed by atoms with Crippen molar-refractivity contribution in [2.75, 3.05) is 0 Å². The molecule has 1 heterocycles. The summed E-state index contributed by atoms with van der Waals surface area (Å²) in [5, 5.41) is 8.49. The predicted molar refractivity (Wildman–Crippen MR) is 49.4 cm³/mol. The van der Waals surface area contributed by atoms with Crippen molar-refractivity contribution in [3.8, 4) is 6.07 Å². The monoisotopic (exact) mass is 262 g/mol. The van der Waals surface area contributed by atoms with Gasteiger partial charge in [0.25, 0.3) is 12.0 Å². The van der Waals surface area contributed by atoms with Crippen molar-refractivity contribution in [2.45, 2.75) is 11.8 Å². The van der Waals surface area contributed by atoms with Gasteiger partial charge in [-0.3, -0.25) is 4.79 Å². The standard InChI is InChI=1S/C8H5BrF2N2O/c9-2-6-5(7(10)11)1-4(3-12)13-8(6)14/h1,7H,2H2,(H,13,14). The van der Waals surface area contributed by atoms with Crippen LogP contribution in [0.5, 0.6) is 0 Å². The fourth-order valence-electron chi connectivity index (χ4n) is 1.00. The Morgan fingerprint density at radius 1 is 1.64 bits per heavy atom. The number of nitrogens with zero attached hydrogens (tertiary/aromatic N) is 1. The molecule has 0 aliphatic rings. The second-order valence-corrected chi connectivity index (χ2v) is 3.05. The van der Waals surface area contributed by atoms with Gasteiger partial charge in [-0.15, -0.1) is 0 Å². The average Bonchev–Trinajstić information content (AvgIpc) is 2.16. The lowest BCUT2D eigenvalue weighted by Crippen LogP contribution is -2.16. The molecule has 0 saturated carbocycles. The minimum absolute atomic E-state index is 0.0354. The minimum atomic E-state index is -2.75. The number of aromatic nitrogens is 1. The van der Waals surface area contributed by atoms with Gasteiger partial charge < -0.3 is 4.98 Å². The van der Waals surface area contributed by atoms with E-state index in [9.17, 15) is 13.6 Å². The number of aromatic amines is 1. The first-order chi connectivity index (χ1) is 6.60. The van der Waals surface area contributed by atoms with Crippen LogP contribution in [-0.2, 0) is 5.33 Å². The van der Waals surface area contributed by atoms with Crippen LogP contribution in [0.15, 0.2) is 10.9 Å². The van der Waals surface area contributed by atoms with Gasteiger partial charge in [0, 0.05) is 16.5 Å². The summed E-state index contributed by atoms with van der Waals surface area (Å²) in [6.07, 6.45) is -2.75. The molecule has 0 atom stereocenters. The van der Waals surface area contributed by atoms with Crippen LogP contribution >= 0.6 is 15.9 Å². The third-order valence-corrected chi connectivity index (χ3v) is 2.22. The molecule has 1 N–H and O–H groups in total. The summed E-state index contributed by atoms with van der Waals surface area (Å²) >= 11 is 2.94. The molecule has 6 heteroatoms. The summed E-state index contributed by atoms with van der Waals surface area (Å²) in [6, 6.07) is 2.60. The maximum absolute atomic E-state index is 12.4. The molecule has 0 aliphatic heterocycles. The second kappa shape index (κ2) is 4.33. The van der Waals surface area contributed by atoms with E-state index < -0.39 is 17.5 Å². The number of pyridine rings is 1. The maximum atomic E-state index is 12.4. The smallest absolute Gasteiger partial charge is 0.264 e. The van der Waals surface area contributed by atoms with Crippen molar-refractivity contribution in [3.63, 3.8) is 0 Å². The highest BCUT2D eigenvalue weighted by molar-refractivity contribution is 9.08. The number of H-pyrrole nitrogens is 1. The Bertz CT molecular complexity index is 436. The summed E-state index contributed by atoms with van der Waals surface area (Å²) < 4.78 is 24.9. The van der Waals surface area contributed by atoms with Gasteiger partial charge in [0.2, 0.25) is 0 Å². The van der Waals surface area contributed by atoms with Gasteiger partial charge >= 0.3 is 0 Å². The van der Waals surface area contributed by atoms with Crippen LogP contribution in [0.1, 0.15) is 23.2 Å². The van der Waals surface area contributed by atoms with Gasteiger partial charge in [0.15, 0.2) is 0 Å². The molecule has 74 valence electrons. The van der Waals surface area contributed by atoms with Crippen molar-refractivity contribution >= 4 is 15.9 Å². The van der Waals surface area contributed by atoms with E-state index in [0.717, 1.165) is 6.07 Å². The third-order valence-electron chi connectivity index (χ3n) is 1.66.